The molecule has 0 aliphatic heterocycles. The van der Waals surface area contributed by atoms with Gasteiger partial charge in [-0.05, 0) is 36.8 Å². The molecule has 0 aliphatic carbocycles. The van der Waals surface area contributed by atoms with E-state index >= 15 is 0 Å². The topological polar surface area (TPSA) is 17.8 Å². The second kappa shape index (κ2) is 5.28. The number of hydrogen-bond acceptors (Lipinski definition) is 1. The molecule has 1 aromatic heterocycles. The average Bonchev–Trinajstić information content (AvgIpc) is 2.81. The molecule has 0 bridgehead atoms. The molecule has 0 atom stereocenters. The molecule has 0 saturated heterocycles. The number of halogens is 3. The second-order valence-electron chi connectivity index (χ2n) is 4.56. The molecule has 0 amide bonds. The first-order chi connectivity index (χ1) is 9.61. The van der Waals surface area contributed by atoms with Crippen molar-refractivity contribution in [2.24, 2.45) is 0 Å². The van der Waals surface area contributed by atoms with E-state index in [1.807, 2.05) is 47.9 Å². The van der Waals surface area contributed by atoms with Crippen LogP contribution in [0.15, 0.2) is 36.4 Å². The Morgan fingerprint density at radius 3 is 2.65 bits per heavy atom. The summed E-state index contributed by atoms with van der Waals surface area (Å²) in [6, 6.07) is 11.5. The number of aromatic nitrogens is 2. The molecule has 3 aromatic rings. The zero-order valence-corrected chi connectivity index (χ0v) is 13.0. The minimum absolute atomic E-state index is 0.287. The van der Waals surface area contributed by atoms with E-state index in [0.717, 1.165) is 28.1 Å². The normalized spacial score (nSPS) is 11.2. The van der Waals surface area contributed by atoms with Crippen LogP contribution in [0.4, 0.5) is 0 Å². The fourth-order valence-corrected chi connectivity index (χ4v) is 2.86. The summed E-state index contributed by atoms with van der Waals surface area (Å²) in [5.74, 6) is 1.01. The minimum Gasteiger partial charge on any atom is -0.294 e. The maximum absolute atomic E-state index is 6.33. The van der Waals surface area contributed by atoms with Gasteiger partial charge in [-0.25, -0.2) is 4.98 Å². The van der Waals surface area contributed by atoms with Crippen LogP contribution in [0.25, 0.3) is 16.7 Å². The Hall–Kier alpha value is -1.22. The number of para-hydroxylation sites is 1. The smallest absolute Gasteiger partial charge is 0.129 e. The number of alkyl halides is 1. The van der Waals surface area contributed by atoms with Crippen LogP contribution >= 0.6 is 34.8 Å². The third-order valence-corrected chi connectivity index (χ3v) is 4.03. The van der Waals surface area contributed by atoms with E-state index in [-0.39, 0.29) is 5.88 Å². The molecular weight excluding hydrogens is 315 g/mol. The standard InChI is InChI=1S/C15H11Cl3N2/c1-9-5-6-10(17)13(7-9)20-12-4-2-3-11(18)15(12)19-14(20)8-16/h2-7H,8H2,1H3. The summed E-state index contributed by atoms with van der Waals surface area (Å²) in [4.78, 5) is 4.52. The molecule has 0 saturated carbocycles. The van der Waals surface area contributed by atoms with Gasteiger partial charge in [0.05, 0.1) is 27.1 Å². The average molecular weight is 326 g/mol. The van der Waals surface area contributed by atoms with Crippen LogP contribution in [0.2, 0.25) is 10.0 Å². The summed E-state index contributed by atoms with van der Waals surface area (Å²) in [6.45, 7) is 2.02. The molecule has 0 unspecified atom stereocenters. The van der Waals surface area contributed by atoms with Gasteiger partial charge in [-0.2, -0.15) is 0 Å². The van der Waals surface area contributed by atoms with E-state index < -0.39 is 0 Å². The van der Waals surface area contributed by atoms with Crippen LogP contribution in [0, 0.1) is 6.92 Å². The Balaban J connectivity index is 2.40. The number of fused-ring (bicyclic) bond motifs is 1. The zero-order chi connectivity index (χ0) is 14.3. The lowest BCUT2D eigenvalue weighted by atomic mass is 10.2. The lowest BCUT2D eigenvalue weighted by molar-refractivity contribution is 0.980. The molecule has 2 aromatic carbocycles. The van der Waals surface area contributed by atoms with Gasteiger partial charge in [0, 0.05) is 0 Å². The number of imidazole rings is 1. The predicted molar refractivity (Wildman–Crippen MR) is 85.4 cm³/mol. The maximum Gasteiger partial charge on any atom is 0.129 e. The van der Waals surface area contributed by atoms with E-state index in [2.05, 4.69) is 4.98 Å². The second-order valence-corrected chi connectivity index (χ2v) is 5.64. The first-order valence-electron chi connectivity index (χ1n) is 6.10. The summed E-state index contributed by atoms with van der Waals surface area (Å²) in [5.41, 5.74) is 3.63. The van der Waals surface area contributed by atoms with E-state index in [0.29, 0.717) is 10.0 Å². The molecule has 0 spiro atoms. The van der Waals surface area contributed by atoms with Crippen molar-refractivity contribution >= 4 is 45.8 Å². The first-order valence-corrected chi connectivity index (χ1v) is 7.39. The number of rotatable bonds is 2. The highest BCUT2D eigenvalue weighted by Gasteiger charge is 2.15. The van der Waals surface area contributed by atoms with Crippen molar-refractivity contribution in [1.82, 2.24) is 9.55 Å². The third-order valence-electron chi connectivity index (χ3n) is 3.17. The highest BCUT2D eigenvalue weighted by atomic mass is 35.5. The van der Waals surface area contributed by atoms with Crippen molar-refractivity contribution in [2.45, 2.75) is 12.8 Å². The van der Waals surface area contributed by atoms with E-state index in [1.165, 1.54) is 0 Å². The SMILES string of the molecule is Cc1ccc(Cl)c(-n2c(CCl)nc3c(Cl)cccc32)c1. The van der Waals surface area contributed by atoms with Gasteiger partial charge in [0.25, 0.3) is 0 Å². The molecule has 102 valence electrons. The van der Waals surface area contributed by atoms with Crippen LogP contribution in [0.3, 0.4) is 0 Å². The molecule has 3 rings (SSSR count). The largest absolute Gasteiger partial charge is 0.294 e. The van der Waals surface area contributed by atoms with Crippen molar-refractivity contribution in [3.05, 3.63) is 57.8 Å². The molecule has 0 N–H and O–H groups in total. The van der Waals surface area contributed by atoms with Gasteiger partial charge in [0.15, 0.2) is 0 Å². The lowest BCUT2D eigenvalue weighted by Gasteiger charge is -2.11. The Labute approximate surface area is 131 Å². The van der Waals surface area contributed by atoms with E-state index in [9.17, 15) is 0 Å². The van der Waals surface area contributed by atoms with Gasteiger partial charge in [-0.15, -0.1) is 11.6 Å². The van der Waals surface area contributed by atoms with Gasteiger partial charge in [-0.3, -0.25) is 4.57 Å². The van der Waals surface area contributed by atoms with Crippen molar-refractivity contribution < 1.29 is 0 Å². The van der Waals surface area contributed by atoms with E-state index in [4.69, 9.17) is 34.8 Å². The Bertz CT molecular complexity index is 793. The third kappa shape index (κ3) is 2.18. The van der Waals surface area contributed by atoms with E-state index in [1.54, 1.807) is 0 Å². The molecule has 5 heteroatoms. The Morgan fingerprint density at radius 1 is 1.10 bits per heavy atom. The monoisotopic (exact) mass is 324 g/mol. The van der Waals surface area contributed by atoms with Crippen LogP contribution < -0.4 is 0 Å². The number of aryl methyl sites for hydroxylation is 1. The lowest BCUT2D eigenvalue weighted by Crippen LogP contribution is -2.00. The van der Waals surface area contributed by atoms with Crippen molar-refractivity contribution in [3.8, 4) is 5.69 Å². The van der Waals surface area contributed by atoms with Crippen LogP contribution in [0.5, 0.6) is 0 Å². The molecule has 20 heavy (non-hydrogen) atoms. The van der Waals surface area contributed by atoms with Crippen molar-refractivity contribution in [2.75, 3.05) is 0 Å². The summed E-state index contributed by atoms with van der Waals surface area (Å²) in [7, 11) is 0. The van der Waals surface area contributed by atoms with Gasteiger partial charge in [0.2, 0.25) is 0 Å². The summed E-state index contributed by atoms with van der Waals surface area (Å²) in [5, 5.41) is 1.26. The predicted octanol–water partition coefficient (Wildman–Crippen LogP) is 5.38. The van der Waals surface area contributed by atoms with Gasteiger partial charge in [0.1, 0.15) is 11.3 Å². The molecule has 0 aliphatic rings. The summed E-state index contributed by atoms with van der Waals surface area (Å²) < 4.78 is 1.96. The minimum atomic E-state index is 0.287. The van der Waals surface area contributed by atoms with Gasteiger partial charge in [-0.1, -0.05) is 35.3 Å². The quantitative estimate of drug-likeness (QED) is 0.578. The molecule has 0 fully saturated rings. The fourth-order valence-electron chi connectivity index (χ4n) is 2.27. The zero-order valence-electron chi connectivity index (χ0n) is 10.7. The van der Waals surface area contributed by atoms with Gasteiger partial charge >= 0.3 is 0 Å². The fraction of sp³-hybridized carbons (Fsp3) is 0.133. The van der Waals surface area contributed by atoms with Crippen LogP contribution in [-0.2, 0) is 5.88 Å². The van der Waals surface area contributed by atoms with Crippen molar-refractivity contribution in [1.29, 1.82) is 0 Å². The Kier molecular flexibility index (Phi) is 3.63. The highest BCUT2D eigenvalue weighted by molar-refractivity contribution is 6.35. The molecule has 0 radical (unpaired) electrons. The van der Waals surface area contributed by atoms with Crippen molar-refractivity contribution in [3.63, 3.8) is 0 Å². The molecular formula is C15H11Cl3N2. The number of benzene rings is 2. The molecule has 2 nitrogen and oxygen atoms in total. The summed E-state index contributed by atoms with van der Waals surface area (Å²) >= 11 is 18.6. The number of nitrogens with zero attached hydrogens (tertiary/aromatic N) is 2. The van der Waals surface area contributed by atoms with Gasteiger partial charge < -0.3 is 0 Å². The maximum atomic E-state index is 6.33. The molecule has 1 heterocycles. The van der Waals surface area contributed by atoms with Crippen LogP contribution in [-0.4, -0.2) is 9.55 Å². The Morgan fingerprint density at radius 2 is 1.90 bits per heavy atom. The first kappa shape index (κ1) is 13.7. The number of hydrogen-bond donors (Lipinski definition) is 0. The van der Waals surface area contributed by atoms with Crippen LogP contribution in [0.1, 0.15) is 11.4 Å². The highest BCUT2D eigenvalue weighted by Crippen LogP contribution is 2.31. The summed E-state index contributed by atoms with van der Waals surface area (Å²) in [6.07, 6.45) is 0.